The van der Waals surface area contributed by atoms with Crippen LogP contribution in [-0.2, 0) is 14.3 Å². The molecule has 1 aromatic rings. The van der Waals surface area contributed by atoms with Crippen molar-refractivity contribution in [1.82, 2.24) is 4.90 Å². The van der Waals surface area contributed by atoms with Crippen molar-refractivity contribution in [2.75, 3.05) is 27.8 Å². The van der Waals surface area contributed by atoms with Gasteiger partial charge in [0.25, 0.3) is 5.91 Å². The van der Waals surface area contributed by atoms with Crippen LogP contribution in [0.1, 0.15) is 11.5 Å². The molecule has 20 heavy (non-hydrogen) atoms. The Morgan fingerprint density at radius 3 is 2.45 bits per heavy atom. The number of ether oxygens (including phenoxy) is 2. The Balaban J connectivity index is 2.42. The Bertz CT molecular complexity index is 530. The molecule has 0 spiro atoms. The van der Waals surface area contributed by atoms with E-state index in [1.807, 2.05) is 0 Å². The third-order valence-corrected chi connectivity index (χ3v) is 4.17. The van der Waals surface area contributed by atoms with Gasteiger partial charge in [0.2, 0.25) is 4.87 Å². The molecule has 0 aliphatic carbocycles. The van der Waals surface area contributed by atoms with Crippen LogP contribution in [0.15, 0.2) is 24.3 Å². The minimum absolute atomic E-state index is 0.365. The van der Waals surface area contributed by atoms with Crippen molar-refractivity contribution in [3.8, 4) is 5.75 Å². The topological polar surface area (TPSA) is 55.8 Å². The van der Waals surface area contributed by atoms with Crippen molar-refractivity contribution in [2.45, 2.75) is 10.8 Å². The summed E-state index contributed by atoms with van der Waals surface area (Å²) in [5.41, 5.74) is 0.795. The van der Waals surface area contributed by atoms with E-state index in [2.05, 4.69) is 0 Å². The lowest BCUT2D eigenvalue weighted by atomic mass is 9.87. The SMILES string of the molecule is COC(=O)C1(Cl)C(=O)N(C)C[C@H]1c1ccc(OC)cc1. The Kier molecular flexibility index (Phi) is 3.90. The summed E-state index contributed by atoms with van der Waals surface area (Å²) in [6, 6.07) is 7.14. The number of likely N-dealkylation sites (tertiary alicyclic amines) is 1. The molecule has 0 saturated carbocycles. The number of methoxy groups -OCH3 is 2. The number of benzene rings is 1. The Labute approximate surface area is 122 Å². The molecule has 1 aromatic carbocycles. The molecule has 0 bridgehead atoms. The first-order valence-corrected chi connectivity index (χ1v) is 6.49. The number of alkyl halides is 1. The number of carbonyl (C=O) groups is 2. The molecule has 5 nitrogen and oxygen atoms in total. The summed E-state index contributed by atoms with van der Waals surface area (Å²) >= 11 is 6.34. The standard InChI is InChI=1S/C14H16ClNO4/c1-16-8-11(9-4-6-10(19-2)7-5-9)14(15,12(16)17)13(18)20-3/h4-7,11H,8H2,1-3H3/t11-,14?/m0/s1. The van der Waals surface area contributed by atoms with Gasteiger partial charge in [0.05, 0.1) is 14.2 Å². The van der Waals surface area contributed by atoms with E-state index in [1.54, 1.807) is 38.4 Å². The van der Waals surface area contributed by atoms with E-state index in [0.29, 0.717) is 12.3 Å². The first-order chi connectivity index (χ1) is 9.44. The van der Waals surface area contributed by atoms with Gasteiger partial charge in [-0.1, -0.05) is 23.7 Å². The van der Waals surface area contributed by atoms with Crippen LogP contribution in [0, 0.1) is 0 Å². The molecule has 6 heteroatoms. The molecule has 1 fully saturated rings. The van der Waals surface area contributed by atoms with Crippen molar-refractivity contribution in [3.63, 3.8) is 0 Å². The van der Waals surface area contributed by atoms with Crippen LogP contribution in [0.3, 0.4) is 0 Å². The number of esters is 1. The van der Waals surface area contributed by atoms with Gasteiger partial charge >= 0.3 is 5.97 Å². The maximum absolute atomic E-state index is 12.2. The number of amides is 1. The average Bonchev–Trinajstić information content (AvgIpc) is 2.72. The lowest BCUT2D eigenvalue weighted by Gasteiger charge is -2.23. The van der Waals surface area contributed by atoms with E-state index >= 15 is 0 Å². The van der Waals surface area contributed by atoms with Gasteiger partial charge in [0, 0.05) is 19.5 Å². The Morgan fingerprint density at radius 1 is 1.35 bits per heavy atom. The maximum Gasteiger partial charge on any atom is 0.337 e. The van der Waals surface area contributed by atoms with Crippen LogP contribution in [0.2, 0.25) is 0 Å². The second-order valence-corrected chi connectivity index (χ2v) is 5.31. The van der Waals surface area contributed by atoms with Crippen LogP contribution < -0.4 is 4.74 Å². The van der Waals surface area contributed by atoms with Crippen LogP contribution in [-0.4, -0.2) is 49.5 Å². The van der Waals surface area contributed by atoms with E-state index < -0.39 is 22.7 Å². The number of nitrogens with zero attached hydrogens (tertiary/aromatic N) is 1. The van der Waals surface area contributed by atoms with Gasteiger partial charge in [-0.25, -0.2) is 4.79 Å². The van der Waals surface area contributed by atoms with Crippen LogP contribution in [0.25, 0.3) is 0 Å². The molecule has 1 aliphatic rings. The predicted molar refractivity (Wildman–Crippen MR) is 74.0 cm³/mol. The zero-order valence-corrected chi connectivity index (χ0v) is 12.3. The molecule has 1 saturated heterocycles. The summed E-state index contributed by atoms with van der Waals surface area (Å²) in [7, 11) is 4.41. The third kappa shape index (κ3) is 2.12. The first kappa shape index (κ1) is 14.7. The largest absolute Gasteiger partial charge is 0.497 e. The fourth-order valence-electron chi connectivity index (χ4n) is 2.46. The fourth-order valence-corrected chi connectivity index (χ4v) is 2.88. The number of halogens is 1. The van der Waals surface area contributed by atoms with Gasteiger partial charge in [-0.3, -0.25) is 4.79 Å². The Hall–Kier alpha value is -1.75. The molecular formula is C14H16ClNO4. The normalized spacial score (nSPS) is 25.7. The lowest BCUT2D eigenvalue weighted by Crippen LogP contribution is -2.45. The van der Waals surface area contributed by atoms with Gasteiger partial charge in [-0.2, -0.15) is 0 Å². The molecule has 1 heterocycles. The van der Waals surface area contributed by atoms with Gasteiger partial charge in [0.15, 0.2) is 0 Å². The van der Waals surface area contributed by atoms with Gasteiger partial charge in [-0.05, 0) is 17.7 Å². The predicted octanol–water partition coefficient (Wildman–Crippen LogP) is 1.40. The molecule has 2 rings (SSSR count). The maximum atomic E-state index is 12.2. The number of carbonyl (C=O) groups excluding carboxylic acids is 2. The molecule has 1 unspecified atom stereocenters. The first-order valence-electron chi connectivity index (χ1n) is 6.12. The van der Waals surface area contributed by atoms with Crippen molar-refractivity contribution in [3.05, 3.63) is 29.8 Å². The minimum Gasteiger partial charge on any atom is -0.497 e. The van der Waals surface area contributed by atoms with Crippen LogP contribution in [0.5, 0.6) is 5.75 Å². The van der Waals surface area contributed by atoms with Gasteiger partial charge in [-0.15, -0.1) is 0 Å². The third-order valence-electron chi connectivity index (χ3n) is 3.60. The summed E-state index contributed by atoms with van der Waals surface area (Å²) < 4.78 is 9.80. The summed E-state index contributed by atoms with van der Waals surface area (Å²) in [5.74, 6) is -0.925. The van der Waals surface area contributed by atoms with Crippen molar-refractivity contribution < 1.29 is 19.1 Å². The highest BCUT2D eigenvalue weighted by molar-refractivity contribution is 6.46. The van der Waals surface area contributed by atoms with E-state index in [1.165, 1.54) is 12.0 Å². The summed E-state index contributed by atoms with van der Waals surface area (Å²) in [4.78, 5) is 23.9. The summed E-state index contributed by atoms with van der Waals surface area (Å²) in [6.07, 6.45) is 0. The van der Waals surface area contributed by atoms with Crippen molar-refractivity contribution in [1.29, 1.82) is 0 Å². The molecule has 2 atom stereocenters. The lowest BCUT2D eigenvalue weighted by molar-refractivity contribution is -0.148. The molecule has 0 N–H and O–H groups in total. The van der Waals surface area contributed by atoms with Gasteiger partial charge in [0.1, 0.15) is 5.75 Å². The summed E-state index contributed by atoms with van der Waals surface area (Å²) in [6.45, 7) is 0.365. The average molecular weight is 298 g/mol. The molecule has 1 aliphatic heterocycles. The van der Waals surface area contributed by atoms with Crippen LogP contribution in [0.4, 0.5) is 0 Å². The highest BCUT2D eigenvalue weighted by Gasteiger charge is 2.59. The fraction of sp³-hybridized carbons (Fsp3) is 0.429. The monoisotopic (exact) mass is 297 g/mol. The number of hydrogen-bond acceptors (Lipinski definition) is 4. The smallest absolute Gasteiger partial charge is 0.337 e. The minimum atomic E-state index is -1.70. The zero-order chi connectivity index (χ0) is 14.9. The number of rotatable bonds is 3. The zero-order valence-electron chi connectivity index (χ0n) is 11.6. The highest BCUT2D eigenvalue weighted by Crippen LogP contribution is 2.42. The van der Waals surface area contributed by atoms with Crippen molar-refractivity contribution >= 4 is 23.5 Å². The molecule has 0 aromatic heterocycles. The van der Waals surface area contributed by atoms with E-state index in [-0.39, 0.29) is 0 Å². The second-order valence-electron chi connectivity index (χ2n) is 4.71. The van der Waals surface area contributed by atoms with E-state index in [0.717, 1.165) is 5.56 Å². The Morgan fingerprint density at radius 2 is 1.95 bits per heavy atom. The van der Waals surface area contributed by atoms with Crippen LogP contribution >= 0.6 is 11.6 Å². The molecular weight excluding hydrogens is 282 g/mol. The van der Waals surface area contributed by atoms with Gasteiger partial charge < -0.3 is 14.4 Å². The highest BCUT2D eigenvalue weighted by atomic mass is 35.5. The quantitative estimate of drug-likeness (QED) is 0.481. The molecule has 0 radical (unpaired) electrons. The van der Waals surface area contributed by atoms with E-state index in [4.69, 9.17) is 21.1 Å². The summed E-state index contributed by atoms with van der Waals surface area (Å²) in [5, 5.41) is 0. The molecule has 108 valence electrons. The number of likely N-dealkylation sites (N-methyl/N-ethyl adjacent to an activating group) is 1. The number of hydrogen-bond donors (Lipinski definition) is 0. The second kappa shape index (κ2) is 5.32. The molecule has 1 amide bonds. The van der Waals surface area contributed by atoms with Crippen molar-refractivity contribution in [2.24, 2.45) is 0 Å². The van der Waals surface area contributed by atoms with E-state index in [9.17, 15) is 9.59 Å².